The Morgan fingerprint density at radius 2 is 2.04 bits per heavy atom. The van der Waals surface area contributed by atoms with Crippen molar-refractivity contribution in [1.29, 1.82) is 0 Å². The van der Waals surface area contributed by atoms with E-state index in [1.165, 1.54) is 0 Å². The lowest BCUT2D eigenvalue weighted by atomic mass is 9.80. The third-order valence-electron chi connectivity index (χ3n) is 5.49. The quantitative estimate of drug-likeness (QED) is 0.789. The first-order valence-corrected chi connectivity index (χ1v) is 9.07. The van der Waals surface area contributed by atoms with E-state index in [9.17, 15) is 13.2 Å². The van der Waals surface area contributed by atoms with Crippen LogP contribution in [0.5, 0.6) is 5.88 Å². The molecular weight excluding hydrogens is 361 g/mol. The van der Waals surface area contributed by atoms with Crippen LogP contribution in [0.3, 0.4) is 0 Å². The fourth-order valence-corrected chi connectivity index (χ4v) is 3.65. The predicted octanol–water partition coefficient (Wildman–Crippen LogP) is 3.43. The first-order valence-electron chi connectivity index (χ1n) is 9.07. The molecule has 2 atom stereocenters. The number of nitrogens with zero attached hydrogens (tertiary/aromatic N) is 4. The number of nitrogens with one attached hydrogen (secondary N) is 2. The minimum Gasteiger partial charge on any atom is -0.476 e. The second-order valence-corrected chi connectivity index (χ2v) is 7.44. The highest BCUT2D eigenvalue weighted by molar-refractivity contribution is 5.66. The van der Waals surface area contributed by atoms with Crippen molar-refractivity contribution in [3.8, 4) is 5.88 Å². The van der Waals surface area contributed by atoms with E-state index in [0.717, 1.165) is 37.6 Å². The van der Waals surface area contributed by atoms with Gasteiger partial charge in [0.1, 0.15) is 17.1 Å². The highest BCUT2D eigenvalue weighted by Crippen LogP contribution is 2.47. The van der Waals surface area contributed by atoms with Crippen LogP contribution in [0, 0.1) is 5.92 Å². The van der Waals surface area contributed by atoms with Gasteiger partial charge in [-0.15, -0.1) is 0 Å². The molecule has 2 N–H and O–H groups in total. The van der Waals surface area contributed by atoms with Crippen molar-refractivity contribution in [2.75, 3.05) is 17.2 Å². The number of ether oxygens (including phenoxy) is 1. The van der Waals surface area contributed by atoms with Crippen molar-refractivity contribution in [3.63, 3.8) is 0 Å². The number of hydrogen-bond donors (Lipinski definition) is 2. The molecule has 3 heterocycles. The molecule has 27 heavy (non-hydrogen) atoms. The monoisotopic (exact) mass is 380 g/mol. The molecule has 0 amide bonds. The van der Waals surface area contributed by atoms with E-state index >= 15 is 0 Å². The smallest absolute Gasteiger partial charge is 0.421 e. The lowest BCUT2D eigenvalue weighted by Gasteiger charge is -2.37. The lowest BCUT2D eigenvalue weighted by molar-refractivity contribution is -0.137. The van der Waals surface area contributed by atoms with Crippen LogP contribution in [0.4, 0.5) is 30.6 Å². The van der Waals surface area contributed by atoms with Gasteiger partial charge in [0.2, 0.25) is 11.8 Å². The third kappa shape index (κ3) is 2.87. The lowest BCUT2D eigenvalue weighted by Crippen LogP contribution is -2.42. The maximum atomic E-state index is 13.4. The fraction of sp³-hybridized carbons (Fsp3) is 0.588. The van der Waals surface area contributed by atoms with Crippen LogP contribution in [0.25, 0.3) is 0 Å². The molecule has 2 aliphatic carbocycles. The normalized spacial score (nSPS) is 24.3. The van der Waals surface area contributed by atoms with Gasteiger partial charge in [-0.2, -0.15) is 23.3 Å². The number of fused-ring (bicyclic) bond motifs is 4. The number of rotatable bonds is 1. The maximum Gasteiger partial charge on any atom is 0.421 e. The number of alkyl halides is 3. The molecule has 0 saturated heterocycles. The van der Waals surface area contributed by atoms with Crippen molar-refractivity contribution >= 4 is 17.5 Å². The van der Waals surface area contributed by atoms with E-state index in [2.05, 4.69) is 25.7 Å². The zero-order valence-electron chi connectivity index (χ0n) is 14.7. The van der Waals surface area contributed by atoms with Crippen LogP contribution in [0.1, 0.15) is 42.9 Å². The Hall–Kier alpha value is -2.52. The van der Waals surface area contributed by atoms with Gasteiger partial charge in [0.25, 0.3) is 0 Å². The number of anilines is 3. The first-order chi connectivity index (χ1) is 12.9. The highest BCUT2D eigenvalue weighted by Gasteiger charge is 2.40. The van der Waals surface area contributed by atoms with Crippen molar-refractivity contribution in [2.45, 2.75) is 43.8 Å². The minimum atomic E-state index is -4.52. The van der Waals surface area contributed by atoms with Gasteiger partial charge in [-0.05, 0) is 25.7 Å². The predicted molar refractivity (Wildman–Crippen MR) is 91.1 cm³/mol. The molecule has 2 bridgehead atoms. The van der Waals surface area contributed by atoms with Gasteiger partial charge in [0, 0.05) is 31.1 Å². The van der Waals surface area contributed by atoms with Crippen LogP contribution in [0.15, 0.2) is 6.20 Å². The van der Waals surface area contributed by atoms with E-state index in [1.807, 2.05) is 7.05 Å². The summed E-state index contributed by atoms with van der Waals surface area (Å²) in [4.78, 5) is 8.04. The Labute approximate surface area is 153 Å². The summed E-state index contributed by atoms with van der Waals surface area (Å²) in [6.07, 6.45) is 0.0655. The van der Waals surface area contributed by atoms with Gasteiger partial charge in [0.05, 0.1) is 12.3 Å². The minimum absolute atomic E-state index is 0.100. The summed E-state index contributed by atoms with van der Waals surface area (Å²) in [5, 5.41) is 10.6. The van der Waals surface area contributed by atoms with Crippen LogP contribution in [-0.2, 0) is 13.2 Å². The molecular formula is C17H19F3N6O. The van der Waals surface area contributed by atoms with Gasteiger partial charge < -0.3 is 15.4 Å². The van der Waals surface area contributed by atoms with Gasteiger partial charge in [0.15, 0.2) is 0 Å². The second-order valence-electron chi connectivity index (χ2n) is 7.44. The van der Waals surface area contributed by atoms with E-state index in [4.69, 9.17) is 4.74 Å². The molecule has 0 spiro atoms. The fourth-order valence-electron chi connectivity index (χ4n) is 3.65. The standard InChI is InChI=1S/C17H19F3N6O/c1-26-15-13(12(25-26)8-2-3-8)23-16-21-6-10(17(18,19)20)14(24-16)22-11-5-4-9(11)7-27-15/h6,8-9,11H,2-5,7H2,1H3,(H2,21,22,23,24)/t9-,11-/m1/s1. The summed E-state index contributed by atoms with van der Waals surface area (Å²) in [7, 11) is 1.81. The molecule has 2 aromatic rings. The number of aromatic nitrogens is 4. The topological polar surface area (TPSA) is 76.9 Å². The molecule has 5 rings (SSSR count). The molecule has 0 unspecified atom stereocenters. The van der Waals surface area contributed by atoms with Crippen molar-refractivity contribution in [3.05, 3.63) is 17.5 Å². The number of aryl methyl sites for hydroxylation is 1. The van der Waals surface area contributed by atoms with E-state index < -0.39 is 11.7 Å². The van der Waals surface area contributed by atoms with E-state index in [0.29, 0.717) is 24.1 Å². The van der Waals surface area contributed by atoms with Crippen LogP contribution in [0.2, 0.25) is 0 Å². The largest absolute Gasteiger partial charge is 0.476 e. The van der Waals surface area contributed by atoms with Crippen LogP contribution >= 0.6 is 0 Å². The summed E-state index contributed by atoms with van der Waals surface area (Å²) in [5.41, 5.74) is 0.658. The van der Waals surface area contributed by atoms with Crippen molar-refractivity contribution in [1.82, 2.24) is 19.7 Å². The Bertz CT molecular complexity index is 892. The van der Waals surface area contributed by atoms with Gasteiger partial charge >= 0.3 is 6.18 Å². The molecule has 1 aliphatic heterocycles. The molecule has 0 radical (unpaired) electrons. The SMILES string of the molecule is Cn1nc(C2CC2)c2c1OC[C@H]1CC[C@H]1Nc1nc(ncc1C(F)(F)F)N2. The molecule has 7 nitrogen and oxygen atoms in total. The number of halogens is 3. The zero-order chi connectivity index (χ0) is 18.8. The Kier molecular flexibility index (Phi) is 3.54. The second kappa shape index (κ2) is 5.74. The summed E-state index contributed by atoms with van der Waals surface area (Å²) in [5.74, 6) is 0.951. The molecule has 0 aromatic carbocycles. The molecule has 144 valence electrons. The molecule has 2 saturated carbocycles. The molecule has 10 heteroatoms. The van der Waals surface area contributed by atoms with Gasteiger partial charge in [-0.3, -0.25) is 0 Å². The average Bonchev–Trinajstić information content (AvgIpc) is 3.38. The summed E-state index contributed by atoms with van der Waals surface area (Å²) in [6.45, 7) is 0.417. The zero-order valence-corrected chi connectivity index (χ0v) is 14.7. The summed E-state index contributed by atoms with van der Waals surface area (Å²) >= 11 is 0. The Morgan fingerprint density at radius 1 is 1.22 bits per heavy atom. The molecule has 2 fully saturated rings. The van der Waals surface area contributed by atoms with Gasteiger partial charge in [-0.1, -0.05) is 0 Å². The maximum absolute atomic E-state index is 13.4. The van der Waals surface area contributed by atoms with Crippen LogP contribution in [-0.4, -0.2) is 32.4 Å². The van der Waals surface area contributed by atoms with Crippen molar-refractivity contribution in [2.24, 2.45) is 13.0 Å². The Balaban J connectivity index is 1.61. The first kappa shape index (κ1) is 16.6. The van der Waals surface area contributed by atoms with E-state index in [-0.39, 0.29) is 23.7 Å². The van der Waals surface area contributed by atoms with E-state index in [1.54, 1.807) is 4.68 Å². The van der Waals surface area contributed by atoms with Crippen LogP contribution < -0.4 is 15.4 Å². The number of hydrogen-bond acceptors (Lipinski definition) is 6. The summed E-state index contributed by atoms with van der Waals surface area (Å²) in [6, 6.07) is -0.105. The third-order valence-corrected chi connectivity index (χ3v) is 5.49. The average molecular weight is 380 g/mol. The molecule has 3 aliphatic rings. The van der Waals surface area contributed by atoms with Crippen molar-refractivity contribution < 1.29 is 17.9 Å². The highest BCUT2D eigenvalue weighted by atomic mass is 19.4. The molecule has 2 aromatic heterocycles. The van der Waals surface area contributed by atoms with Gasteiger partial charge in [-0.25, -0.2) is 9.67 Å². The Morgan fingerprint density at radius 3 is 2.70 bits per heavy atom. The summed E-state index contributed by atoms with van der Waals surface area (Å²) < 4.78 is 47.8.